The lowest BCUT2D eigenvalue weighted by Gasteiger charge is -2.36. The number of nitrogens with two attached hydrogens (primary N) is 1. The smallest absolute Gasteiger partial charge is 0.289 e. The summed E-state index contributed by atoms with van der Waals surface area (Å²) in [4.78, 5) is 20.3. The Kier molecular flexibility index (Phi) is 3.51. The molecule has 1 saturated heterocycles. The molecule has 1 amide bonds. The van der Waals surface area contributed by atoms with Gasteiger partial charge in [-0.1, -0.05) is 0 Å². The van der Waals surface area contributed by atoms with Crippen molar-refractivity contribution >= 4 is 17.3 Å². The maximum absolute atomic E-state index is 12.3. The molecule has 1 aliphatic heterocycles. The molecule has 0 aromatic carbocycles. The molecule has 1 aliphatic rings. The van der Waals surface area contributed by atoms with Gasteiger partial charge in [-0.25, -0.2) is 0 Å². The molecule has 0 aliphatic carbocycles. The minimum atomic E-state index is -0.0505. The van der Waals surface area contributed by atoms with Gasteiger partial charge in [0.25, 0.3) is 5.91 Å². The summed E-state index contributed by atoms with van der Waals surface area (Å²) >= 11 is 0. The van der Waals surface area contributed by atoms with Gasteiger partial charge >= 0.3 is 0 Å². The minimum Gasteiger partial charge on any atom is -0.456 e. The zero-order valence-electron chi connectivity index (χ0n) is 12.0. The van der Waals surface area contributed by atoms with Crippen LogP contribution in [0.2, 0.25) is 0 Å². The fourth-order valence-corrected chi connectivity index (χ4v) is 2.54. The molecule has 0 saturated carbocycles. The molecule has 1 fully saturated rings. The molecule has 0 atom stereocenters. The van der Waals surface area contributed by atoms with Gasteiger partial charge in [0.2, 0.25) is 0 Å². The second kappa shape index (κ2) is 5.47. The maximum atomic E-state index is 12.3. The van der Waals surface area contributed by atoms with E-state index in [1.54, 1.807) is 24.5 Å². The van der Waals surface area contributed by atoms with Gasteiger partial charge < -0.3 is 20.0 Å². The number of aryl methyl sites for hydroxylation is 1. The standard InChI is InChI=1S/C15H18N4O2/c1-11-2-3-14(21-11)15(20)19-8-6-18(7-9-19)13-4-5-17-10-12(13)16/h2-5,10H,6-9,16H2,1H3. The van der Waals surface area contributed by atoms with Crippen molar-refractivity contribution in [2.45, 2.75) is 6.92 Å². The largest absolute Gasteiger partial charge is 0.456 e. The number of amides is 1. The number of aromatic nitrogens is 1. The topological polar surface area (TPSA) is 75.6 Å². The molecule has 110 valence electrons. The van der Waals surface area contributed by atoms with Crippen molar-refractivity contribution in [3.8, 4) is 0 Å². The molecule has 0 spiro atoms. The van der Waals surface area contributed by atoms with E-state index in [1.165, 1.54) is 0 Å². The first-order chi connectivity index (χ1) is 10.1. The Morgan fingerprint density at radius 3 is 2.62 bits per heavy atom. The van der Waals surface area contributed by atoms with Crippen molar-refractivity contribution in [2.75, 3.05) is 36.8 Å². The molecule has 2 aromatic rings. The zero-order chi connectivity index (χ0) is 14.8. The third-order valence-corrected chi connectivity index (χ3v) is 3.69. The van der Waals surface area contributed by atoms with Crippen LogP contribution in [0, 0.1) is 6.92 Å². The Morgan fingerprint density at radius 2 is 2.00 bits per heavy atom. The van der Waals surface area contributed by atoms with E-state index >= 15 is 0 Å². The number of nitrogen functional groups attached to an aromatic ring is 1. The monoisotopic (exact) mass is 286 g/mol. The molecule has 2 aromatic heterocycles. The van der Waals surface area contributed by atoms with Crippen LogP contribution in [-0.4, -0.2) is 42.0 Å². The first-order valence-electron chi connectivity index (χ1n) is 6.95. The number of furan rings is 1. The molecule has 2 N–H and O–H groups in total. The van der Waals surface area contributed by atoms with E-state index < -0.39 is 0 Å². The highest BCUT2D eigenvalue weighted by molar-refractivity contribution is 5.91. The SMILES string of the molecule is Cc1ccc(C(=O)N2CCN(c3ccncc3N)CC2)o1. The van der Waals surface area contributed by atoms with Gasteiger partial charge in [-0.3, -0.25) is 9.78 Å². The lowest BCUT2D eigenvalue weighted by Crippen LogP contribution is -2.48. The number of hydrogen-bond donors (Lipinski definition) is 1. The quantitative estimate of drug-likeness (QED) is 0.906. The highest BCUT2D eigenvalue weighted by Gasteiger charge is 2.24. The number of nitrogens with zero attached hydrogens (tertiary/aromatic N) is 3. The van der Waals surface area contributed by atoms with E-state index in [0.717, 1.165) is 24.5 Å². The second-order valence-electron chi connectivity index (χ2n) is 5.12. The van der Waals surface area contributed by atoms with Crippen molar-refractivity contribution in [3.63, 3.8) is 0 Å². The van der Waals surface area contributed by atoms with Gasteiger partial charge in [0, 0.05) is 32.4 Å². The number of carbonyl (C=O) groups is 1. The molecule has 0 bridgehead atoms. The van der Waals surface area contributed by atoms with E-state index in [-0.39, 0.29) is 5.91 Å². The average molecular weight is 286 g/mol. The van der Waals surface area contributed by atoms with E-state index in [9.17, 15) is 4.79 Å². The highest BCUT2D eigenvalue weighted by atomic mass is 16.3. The Bertz CT molecular complexity index is 645. The fraction of sp³-hybridized carbons (Fsp3) is 0.333. The van der Waals surface area contributed by atoms with Crippen molar-refractivity contribution in [1.29, 1.82) is 0 Å². The first-order valence-corrected chi connectivity index (χ1v) is 6.95. The maximum Gasteiger partial charge on any atom is 0.289 e. The second-order valence-corrected chi connectivity index (χ2v) is 5.12. The molecular formula is C15H18N4O2. The summed E-state index contributed by atoms with van der Waals surface area (Å²) in [7, 11) is 0. The summed E-state index contributed by atoms with van der Waals surface area (Å²) in [6, 6.07) is 5.44. The third kappa shape index (κ3) is 2.69. The van der Waals surface area contributed by atoms with E-state index in [1.807, 2.05) is 17.9 Å². The molecule has 6 heteroatoms. The molecule has 0 unspecified atom stereocenters. The fourth-order valence-electron chi connectivity index (χ4n) is 2.54. The van der Waals surface area contributed by atoms with Crippen molar-refractivity contribution < 1.29 is 9.21 Å². The Balaban J connectivity index is 1.65. The Hall–Kier alpha value is -2.50. The summed E-state index contributed by atoms with van der Waals surface area (Å²) in [5.41, 5.74) is 7.58. The zero-order valence-corrected chi connectivity index (χ0v) is 12.0. The lowest BCUT2D eigenvalue weighted by atomic mass is 10.2. The number of anilines is 2. The molecule has 3 rings (SSSR count). The average Bonchev–Trinajstić information content (AvgIpc) is 2.94. The van der Waals surface area contributed by atoms with Crippen LogP contribution in [0.25, 0.3) is 0 Å². The first kappa shape index (κ1) is 13.5. The van der Waals surface area contributed by atoms with E-state index in [0.29, 0.717) is 24.5 Å². The predicted octanol–water partition coefficient (Wildman–Crippen LogP) is 1.53. The Morgan fingerprint density at radius 1 is 1.24 bits per heavy atom. The molecule has 6 nitrogen and oxygen atoms in total. The molecule has 21 heavy (non-hydrogen) atoms. The number of piperazine rings is 1. The van der Waals surface area contributed by atoms with Crippen LogP contribution < -0.4 is 10.6 Å². The summed E-state index contributed by atoms with van der Waals surface area (Å²) in [5, 5.41) is 0. The van der Waals surface area contributed by atoms with Crippen LogP contribution in [0.3, 0.4) is 0 Å². The number of pyridine rings is 1. The van der Waals surface area contributed by atoms with Gasteiger partial charge in [0.05, 0.1) is 17.6 Å². The van der Waals surface area contributed by atoms with Gasteiger partial charge in [-0.2, -0.15) is 0 Å². The van der Waals surface area contributed by atoms with Crippen LogP contribution in [-0.2, 0) is 0 Å². The van der Waals surface area contributed by atoms with Crippen molar-refractivity contribution in [3.05, 3.63) is 42.1 Å². The molecule has 0 radical (unpaired) electrons. The van der Waals surface area contributed by atoms with E-state index in [4.69, 9.17) is 10.2 Å². The van der Waals surface area contributed by atoms with Crippen molar-refractivity contribution in [2.24, 2.45) is 0 Å². The third-order valence-electron chi connectivity index (χ3n) is 3.69. The summed E-state index contributed by atoms with van der Waals surface area (Å²) in [6.07, 6.45) is 3.38. The van der Waals surface area contributed by atoms with Crippen molar-refractivity contribution in [1.82, 2.24) is 9.88 Å². The van der Waals surface area contributed by atoms with E-state index in [2.05, 4.69) is 9.88 Å². The summed E-state index contributed by atoms with van der Waals surface area (Å²) < 4.78 is 5.40. The predicted molar refractivity (Wildman–Crippen MR) is 80.2 cm³/mol. The van der Waals surface area contributed by atoms with Gasteiger partial charge in [0.15, 0.2) is 5.76 Å². The molecular weight excluding hydrogens is 268 g/mol. The van der Waals surface area contributed by atoms with Crippen LogP contribution in [0.4, 0.5) is 11.4 Å². The van der Waals surface area contributed by atoms with Crippen LogP contribution in [0.15, 0.2) is 35.0 Å². The highest BCUT2D eigenvalue weighted by Crippen LogP contribution is 2.23. The number of rotatable bonds is 2. The lowest BCUT2D eigenvalue weighted by molar-refractivity contribution is 0.0713. The number of carbonyl (C=O) groups excluding carboxylic acids is 1. The number of hydrogen-bond acceptors (Lipinski definition) is 5. The summed E-state index contributed by atoms with van der Waals surface area (Å²) in [5.74, 6) is 1.11. The summed E-state index contributed by atoms with van der Waals surface area (Å²) in [6.45, 7) is 4.64. The Labute approximate surface area is 123 Å². The van der Waals surface area contributed by atoms with Crippen LogP contribution in [0.1, 0.15) is 16.3 Å². The van der Waals surface area contributed by atoms with Gasteiger partial charge in [-0.05, 0) is 25.1 Å². The molecule has 3 heterocycles. The van der Waals surface area contributed by atoms with Crippen LogP contribution in [0.5, 0.6) is 0 Å². The normalized spacial score (nSPS) is 15.3. The van der Waals surface area contributed by atoms with Gasteiger partial charge in [0.1, 0.15) is 5.76 Å². The minimum absolute atomic E-state index is 0.0505. The van der Waals surface area contributed by atoms with Gasteiger partial charge in [-0.15, -0.1) is 0 Å². The van der Waals surface area contributed by atoms with Crippen LogP contribution >= 0.6 is 0 Å².